The van der Waals surface area contributed by atoms with Crippen LogP contribution in [-0.2, 0) is 24.4 Å². The summed E-state index contributed by atoms with van der Waals surface area (Å²) in [5.41, 5.74) is 1.66. The minimum Gasteiger partial charge on any atom is -0.367 e. The van der Waals surface area contributed by atoms with Crippen LogP contribution in [0.5, 0.6) is 0 Å². The summed E-state index contributed by atoms with van der Waals surface area (Å²) in [6.07, 6.45) is -4.35. The number of hydrogen-bond acceptors (Lipinski definition) is 2. The largest absolute Gasteiger partial charge is 0.411 e. The van der Waals surface area contributed by atoms with Crippen molar-refractivity contribution in [3.8, 4) is 0 Å². The van der Waals surface area contributed by atoms with Crippen molar-refractivity contribution in [3.05, 3.63) is 70.8 Å². The van der Waals surface area contributed by atoms with Gasteiger partial charge in [0.25, 0.3) is 0 Å². The molecule has 0 aliphatic carbocycles. The predicted octanol–water partition coefficient (Wildman–Crippen LogP) is 4.53. The van der Waals surface area contributed by atoms with Gasteiger partial charge in [-0.05, 0) is 29.3 Å². The number of nitrogens with one attached hydrogen (secondary N) is 2. The van der Waals surface area contributed by atoms with Crippen molar-refractivity contribution < 1.29 is 26.7 Å². The van der Waals surface area contributed by atoms with Crippen LogP contribution < -0.4 is 10.6 Å². The third-order valence-corrected chi connectivity index (χ3v) is 3.70. The summed E-state index contributed by atoms with van der Waals surface area (Å²) in [4.78, 5) is 4.00. The lowest BCUT2D eigenvalue weighted by Crippen LogP contribution is -2.36. The molecule has 0 bridgehead atoms. The van der Waals surface area contributed by atoms with Crippen LogP contribution in [0.25, 0.3) is 0 Å². The standard InChI is InChI=1S/C19H20F5N3O.HI/c1-25-18(27-10-15-8-16(20)6-7-17(15)21)26-9-13-2-4-14(5-3-13)11-28-12-19(22,23)24;/h2-8H,9-12H2,1H3,(H2,25,26,27);1H. The molecule has 0 unspecified atom stereocenters. The van der Waals surface area contributed by atoms with Crippen molar-refractivity contribution in [2.75, 3.05) is 13.7 Å². The molecule has 29 heavy (non-hydrogen) atoms. The molecular weight excluding hydrogens is 508 g/mol. The number of aliphatic imine (C=N–C) groups is 1. The third kappa shape index (κ3) is 9.39. The Hall–Kier alpha value is -1.95. The second kappa shape index (κ2) is 11.9. The van der Waals surface area contributed by atoms with Crippen molar-refractivity contribution in [3.63, 3.8) is 0 Å². The van der Waals surface area contributed by atoms with Gasteiger partial charge in [-0.25, -0.2) is 8.78 Å². The van der Waals surface area contributed by atoms with E-state index in [2.05, 4.69) is 20.4 Å². The van der Waals surface area contributed by atoms with Gasteiger partial charge in [0.1, 0.15) is 18.2 Å². The van der Waals surface area contributed by atoms with Gasteiger partial charge in [-0.1, -0.05) is 24.3 Å². The summed E-state index contributed by atoms with van der Waals surface area (Å²) in [5, 5.41) is 5.90. The molecule has 4 nitrogen and oxygen atoms in total. The average Bonchev–Trinajstić information content (AvgIpc) is 2.64. The molecule has 2 N–H and O–H groups in total. The highest BCUT2D eigenvalue weighted by Gasteiger charge is 2.27. The van der Waals surface area contributed by atoms with E-state index in [1.807, 2.05) is 0 Å². The molecule has 0 atom stereocenters. The number of ether oxygens (including phenoxy) is 1. The highest BCUT2D eigenvalue weighted by atomic mass is 127. The quantitative estimate of drug-likeness (QED) is 0.240. The van der Waals surface area contributed by atoms with E-state index in [1.54, 1.807) is 31.3 Å². The number of alkyl halides is 3. The highest BCUT2D eigenvalue weighted by Crippen LogP contribution is 2.16. The SMILES string of the molecule is CN=C(NCc1ccc(COCC(F)(F)F)cc1)NCc1cc(F)ccc1F.I. The van der Waals surface area contributed by atoms with Gasteiger partial charge in [0.2, 0.25) is 0 Å². The second-order valence-corrected chi connectivity index (χ2v) is 5.94. The summed E-state index contributed by atoms with van der Waals surface area (Å²) in [6.45, 7) is -0.979. The molecule has 0 aromatic heterocycles. The molecular formula is C19H21F5IN3O. The monoisotopic (exact) mass is 529 g/mol. The molecule has 10 heteroatoms. The van der Waals surface area contributed by atoms with E-state index in [0.717, 1.165) is 23.8 Å². The first-order valence-electron chi connectivity index (χ1n) is 8.37. The lowest BCUT2D eigenvalue weighted by molar-refractivity contribution is -0.176. The van der Waals surface area contributed by atoms with Gasteiger partial charge >= 0.3 is 6.18 Å². The van der Waals surface area contributed by atoms with Crippen LogP contribution in [0.2, 0.25) is 0 Å². The number of nitrogens with zero attached hydrogens (tertiary/aromatic N) is 1. The predicted molar refractivity (Wildman–Crippen MR) is 111 cm³/mol. The van der Waals surface area contributed by atoms with Crippen LogP contribution in [0.4, 0.5) is 22.0 Å². The fourth-order valence-electron chi connectivity index (χ4n) is 2.30. The smallest absolute Gasteiger partial charge is 0.367 e. The summed E-state index contributed by atoms with van der Waals surface area (Å²) in [5.74, 6) is -0.658. The van der Waals surface area contributed by atoms with Crippen LogP contribution in [0.15, 0.2) is 47.5 Å². The van der Waals surface area contributed by atoms with Gasteiger partial charge in [0, 0.05) is 25.7 Å². The molecule has 0 heterocycles. The Balaban J connectivity index is 0.00000420. The fourth-order valence-corrected chi connectivity index (χ4v) is 2.30. The van der Waals surface area contributed by atoms with E-state index in [4.69, 9.17) is 0 Å². The van der Waals surface area contributed by atoms with Crippen LogP contribution in [0, 0.1) is 11.6 Å². The van der Waals surface area contributed by atoms with E-state index < -0.39 is 24.4 Å². The molecule has 0 saturated carbocycles. The van der Waals surface area contributed by atoms with Gasteiger partial charge in [0.15, 0.2) is 5.96 Å². The molecule has 2 aromatic rings. The van der Waals surface area contributed by atoms with Crippen molar-refractivity contribution >= 4 is 29.9 Å². The van der Waals surface area contributed by atoms with Crippen LogP contribution in [-0.4, -0.2) is 25.8 Å². The minimum atomic E-state index is -4.35. The third-order valence-electron chi connectivity index (χ3n) is 3.70. The van der Waals surface area contributed by atoms with Crippen molar-refractivity contribution in [1.82, 2.24) is 10.6 Å². The first-order valence-corrected chi connectivity index (χ1v) is 8.37. The molecule has 2 aromatic carbocycles. The van der Waals surface area contributed by atoms with E-state index in [-0.39, 0.29) is 42.7 Å². The summed E-state index contributed by atoms with van der Waals surface area (Å²) in [7, 11) is 1.54. The molecule has 0 fully saturated rings. The number of hydrogen-bond donors (Lipinski definition) is 2. The van der Waals surface area contributed by atoms with Gasteiger partial charge in [-0.3, -0.25) is 4.99 Å². The summed E-state index contributed by atoms with van der Waals surface area (Å²) >= 11 is 0. The molecule has 0 aliphatic heterocycles. The number of benzene rings is 2. The summed E-state index contributed by atoms with van der Waals surface area (Å²) in [6, 6.07) is 10.1. The molecule has 0 amide bonds. The van der Waals surface area contributed by atoms with E-state index >= 15 is 0 Å². The molecule has 160 valence electrons. The Kier molecular flexibility index (Phi) is 10.3. The Morgan fingerprint density at radius 1 is 0.966 bits per heavy atom. The Morgan fingerprint density at radius 2 is 1.59 bits per heavy atom. The van der Waals surface area contributed by atoms with Gasteiger partial charge in [0.05, 0.1) is 6.61 Å². The zero-order chi connectivity index (χ0) is 20.6. The van der Waals surface area contributed by atoms with E-state index in [0.29, 0.717) is 18.1 Å². The Bertz CT molecular complexity index is 797. The van der Waals surface area contributed by atoms with E-state index in [9.17, 15) is 22.0 Å². The first kappa shape index (κ1) is 25.1. The summed E-state index contributed by atoms with van der Waals surface area (Å²) < 4.78 is 67.6. The lowest BCUT2D eigenvalue weighted by Gasteiger charge is -2.13. The van der Waals surface area contributed by atoms with Crippen molar-refractivity contribution in [2.45, 2.75) is 25.9 Å². The molecule has 0 saturated heterocycles. The maximum absolute atomic E-state index is 13.6. The maximum Gasteiger partial charge on any atom is 0.411 e. The fraction of sp³-hybridized carbons (Fsp3) is 0.316. The van der Waals surface area contributed by atoms with Crippen molar-refractivity contribution in [2.24, 2.45) is 4.99 Å². The Labute approximate surface area is 182 Å². The normalized spacial score (nSPS) is 11.7. The van der Waals surface area contributed by atoms with Crippen LogP contribution in [0.3, 0.4) is 0 Å². The topological polar surface area (TPSA) is 45.7 Å². The highest BCUT2D eigenvalue weighted by molar-refractivity contribution is 14.0. The van der Waals surface area contributed by atoms with Crippen molar-refractivity contribution in [1.29, 1.82) is 0 Å². The van der Waals surface area contributed by atoms with Gasteiger partial charge in [-0.15, -0.1) is 24.0 Å². The molecule has 2 rings (SSSR count). The number of guanidine groups is 1. The first-order chi connectivity index (χ1) is 13.3. The van der Waals surface area contributed by atoms with Crippen LogP contribution >= 0.6 is 24.0 Å². The molecule has 0 radical (unpaired) electrons. The zero-order valence-electron chi connectivity index (χ0n) is 15.5. The van der Waals surface area contributed by atoms with Gasteiger partial charge in [-0.2, -0.15) is 13.2 Å². The molecule has 0 spiro atoms. The van der Waals surface area contributed by atoms with Crippen LogP contribution in [0.1, 0.15) is 16.7 Å². The zero-order valence-corrected chi connectivity index (χ0v) is 17.9. The number of halogens is 6. The average molecular weight is 529 g/mol. The van der Waals surface area contributed by atoms with Gasteiger partial charge < -0.3 is 15.4 Å². The molecule has 0 aliphatic rings. The Morgan fingerprint density at radius 3 is 2.21 bits per heavy atom. The maximum atomic E-state index is 13.6. The minimum absolute atomic E-state index is 0. The second-order valence-electron chi connectivity index (χ2n) is 5.94. The number of rotatable bonds is 7. The van der Waals surface area contributed by atoms with E-state index in [1.165, 1.54) is 0 Å². The lowest BCUT2D eigenvalue weighted by atomic mass is 10.1.